The maximum Gasteiger partial charge on any atom is 0.264 e. The zero-order valence-electron chi connectivity index (χ0n) is 5.19. The van der Waals surface area contributed by atoms with Crippen molar-refractivity contribution in [2.24, 2.45) is 5.14 Å². The lowest BCUT2D eigenvalue weighted by Crippen LogP contribution is -2.04. The second-order valence-corrected chi connectivity index (χ2v) is 5.25. The smallest absolute Gasteiger partial charge is 0.264 e. The summed E-state index contributed by atoms with van der Waals surface area (Å²) < 4.78 is 28.4. The molecule has 0 aliphatic rings. The third-order valence-corrected chi connectivity index (χ3v) is 3.00. The van der Waals surface area contributed by atoms with Crippen LogP contribution in [0.15, 0.2) is 0 Å². The lowest BCUT2D eigenvalue weighted by Gasteiger charge is -1.94. The van der Waals surface area contributed by atoms with E-state index < -0.39 is 10.1 Å². The van der Waals surface area contributed by atoms with Gasteiger partial charge in [-0.3, -0.25) is 9.69 Å². The van der Waals surface area contributed by atoms with E-state index in [1.807, 2.05) is 0 Å². The van der Waals surface area contributed by atoms with E-state index in [-0.39, 0.29) is 5.75 Å². The van der Waals surface area contributed by atoms with Crippen molar-refractivity contribution in [3.05, 3.63) is 0 Å². The molecule has 3 N–H and O–H groups in total. The molecule has 0 rings (SSSR count). The summed E-state index contributed by atoms with van der Waals surface area (Å²) in [5.74, 6) is 0.460. The molecule has 0 unspecified atom stereocenters. The fourth-order valence-corrected chi connectivity index (χ4v) is 2.04. The molecule has 0 spiro atoms. The van der Waals surface area contributed by atoms with Gasteiger partial charge in [0.1, 0.15) is 0 Å². The van der Waals surface area contributed by atoms with Crippen LogP contribution in [0.4, 0.5) is 0 Å². The van der Waals surface area contributed by atoms with Crippen LogP contribution < -0.4 is 5.14 Å². The Kier molecular flexibility index (Phi) is 5.55. The zero-order chi connectivity index (χ0) is 8.04. The predicted octanol–water partition coefficient (Wildman–Crippen LogP) is 0.519. The van der Waals surface area contributed by atoms with Crippen LogP contribution in [0.1, 0.15) is 6.42 Å². The molecule has 4 nitrogen and oxygen atoms in total. The highest BCUT2D eigenvalue weighted by Crippen LogP contribution is 2.14. The molecule has 0 aromatic rings. The van der Waals surface area contributed by atoms with Gasteiger partial charge in [-0.1, -0.05) is 10.8 Å². The Balaban J connectivity index is 3.21. The topological polar surface area (TPSA) is 80.4 Å². The molecule has 62 valence electrons. The Morgan fingerprint density at radius 3 is 2.50 bits per heavy atom. The molecule has 10 heavy (non-hydrogen) atoms. The molecule has 0 atom stereocenters. The van der Waals surface area contributed by atoms with Crippen molar-refractivity contribution >= 4 is 31.9 Å². The van der Waals surface area contributed by atoms with Crippen LogP contribution >= 0.6 is 21.8 Å². The molecular formula is C3H9NO3S3. The predicted molar refractivity (Wildman–Crippen MR) is 45.3 cm³/mol. The van der Waals surface area contributed by atoms with Gasteiger partial charge in [-0.15, -0.1) is 0 Å². The fraction of sp³-hybridized carbons (Fsp3) is 1.00. The number of hydrogen-bond acceptors (Lipinski definition) is 5. The van der Waals surface area contributed by atoms with Crippen LogP contribution in [0.2, 0.25) is 0 Å². The lowest BCUT2D eigenvalue weighted by atomic mass is 10.6. The highest BCUT2D eigenvalue weighted by Gasteiger charge is 2.02. The Morgan fingerprint density at radius 1 is 1.50 bits per heavy atom. The summed E-state index contributed by atoms with van der Waals surface area (Å²) in [6.45, 7) is 0. The Bertz CT molecular complexity index is 166. The van der Waals surface area contributed by atoms with Gasteiger partial charge in [0.05, 0.1) is 5.75 Å². The minimum atomic E-state index is -3.77. The first kappa shape index (κ1) is 10.6. The molecule has 0 heterocycles. The maximum absolute atomic E-state index is 10.1. The van der Waals surface area contributed by atoms with Crippen LogP contribution in [0.5, 0.6) is 0 Å². The van der Waals surface area contributed by atoms with Gasteiger partial charge in [-0.05, 0) is 17.4 Å². The molecule has 0 bridgehead atoms. The highest BCUT2D eigenvalue weighted by molar-refractivity contribution is 8.75. The summed E-state index contributed by atoms with van der Waals surface area (Å²) in [5, 5.41) is 5.05. The van der Waals surface area contributed by atoms with E-state index >= 15 is 0 Å². The average Bonchev–Trinajstić information content (AvgIpc) is 1.78. The molecule has 0 fully saturated rings. The normalized spacial score (nSPS) is 11.8. The van der Waals surface area contributed by atoms with Gasteiger partial charge >= 0.3 is 0 Å². The Labute approximate surface area is 68.2 Å². The van der Waals surface area contributed by atoms with E-state index in [0.717, 1.165) is 11.0 Å². The van der Waals surface area contributed by atoms with Gasteiger partial charge in [0, 0.05) is 5.75 Å². The summed E-state index contributed by atoms with van der Waals surface area (Å²) in [4.78, 5) is 0. The van der Waals surface area contributed by atoms with Crippen LogP contribution in [-0.2, 0) is 10.1 Å². The first-order chi connectivity index (χ1) is 4.56. The van der Waals surface area contributed by atoms with Crippen molar-refractivity contribution in [3.63, 3.8) is 0 Å². The summed E-state index contributed by atoms with van der Waals surface area (Å²) in [7, 11) is -1.31. The molecule has 0 radical (unpaired) electrons. The number of rotatable bonds is 5. The Morgan fingerprint density at radius 2 is 2.10 bits per heavy atom. The summed E-state index contributed by atoms with van der Waals surface area (Å²) in [6, 6.07) is 0. The summed E-state index contributed by atoms with van der Waals surface area (Å²) >= 11 is 0. The van der Waals surface area contributed by atoms with Crippen molar-refractivity contribution in [1.29, 1.82) is 0 Å². The molecule has 0 aliphatic heterocycles. The maximum atomic E-state index is 10.1. The fourth-order valence-electron chi connectivity index (χ4n) is 0.348. The van der Waals surface area contributed by atoms with E-state index in [4.69, 9.17) is 9.69 Å². The van der Waals surface area contributed by atoms with Crippen molar-refractivity contribution < 1.29 is 13.0 Å². The van der Waals surface area contributed by atoms with E-state index in [1.54, 1.807) is 0 Å². The molecule has 0 saturated heterocycles. The van der Waals surface area contributed by atoms with Crippen LogP contribution in [0.3, 0.4) is 0 Å². The third-order valence-electron chi connectivity index (χ3n) is 0.698. The molecule has 0 aromatic carbocycles. The molecule has 0 amide bonds. The standard InChI is InChI=1S/C3H9NO3S3/c4-9-8-2-1-3-10(5,6)7/h1-4H2,(H,5,6,7). The molecule has 0 aliphatic carbocycles. The van der Waals surface area contributed by atoms with Crippen LogP contribution in [-0.4, -0.2) is 24.5 Å². The van der Waals surface area contributed by atoms with Crippen molar-refractivity contribution in [3.8, 4) is 0 Å². The SMILES string of the molecule is NSSCCCS(=O)(=O)O. The molecule has 0 aromatic heterocycles. The monoisotopic (exact) mass is 203 g/mol. The third kappa shape index (κ3) is 8.57. The van der Waals surface area contributed by atoms with Gasteiger partial charge in [0.2, 0.25) is 0 Å². The van der Waals surface area contributed by atoms with Gasteiger partial charge in [-0.2, -0.15) is 8.42 Å². The van der Waals surface area contributed by atoms with Gasteiger partial charge in [0.25, 0.3) is 10.1 Å². The largest absolute Gasteiger partial charge is 0.286 e. The van der Waals surface area contributed by atoms with Gasteiger partial charge in [0.15, 0.2) is 0 Å². The van der Waals surface area contributed by atoms with E-state index in [9.17, 15) is 8.42 Å². The van der Waals surface area contributed by atoms with E-state index in [2.05, 4.69) is 0 Å². The first-order valence-electron chi connectivity index (χ1n) is 2.50. The van der Waals surface area contributed by atoms with Crippen LogP contribution in [0.25, 0.3) is 0 Å². The second kappa shape index (κ2) is 5.25. The van der Waals surface area contributed by atoms with Gasteiger partial charge in [-0.25, -0.2) is 0 Å². The minimum Gasteiger partial charge on any atom is -0.286 e. The summed E-state index contributed by atoms with van der Waals surface area (Å²) in [5.41, 5.74) is 0. The quantitative estimate of drug-likeness (QED) is 0.293. The average molecular weight is 203 g/mol. The van der Waals surface area contributed by atoms with Gasteiger partial charge < -0.3 is 0 Å². The minimum absolute atomic E-state index is 0.180. The Hall–Kier alpha value is 0.570. The second-order valence-electron chi connectivity index (χ2n) is 1.56. The summed E-state index contributed by atoms with van der Waals surface area (Å²) in [6.07, 6.45) is 0.438. The molecule has 7 heteroatoms. The highest BCUT2D eigenvalue weighted by atomic mass is 33.1. The number of hydrogen-bond donors (Lipinski definition) is 2. The molecule has 0 saturated carbocycles. The first-order valence-corrected chi connectivity index (χ1v) is 6.49. The lowest BCUT2D eigenvalue weighted by molar-refractivity contribution is 0.482. The number of nitrogens with two attached hydrogens (primary N) is 1. The zero-order valence-corrected chi connectivity index (χ0v) is 7.64. The van der Waals surface area contributed by atoms with Crippen LogP contribution in [0, 0.1) is 0 Å². The van der Waals surface area contributed by atoms with E-state index in [0.29, 0.717) is 12.2 Å². The van der Waals surface area contributed by atoms with Crippen molar-refractivity contribution in [2.45, 2.75) is 6.42 Å². The molecular weight excluding hydrogens is 194 g/mol. The van der Waals surface area contributed by atoms with Crippen molar-refractivity contribution in [2.75, 3.05) is 11.5 Å². The van der Waals surface area contributed by atoms with E-state index in [1.165, 1.54) is 10.8 Å². The van der Waals surface area contributed by atoms with Crippen molar-refractivity contribution in [1.82, 2.24) is 0 Å².